The maximum atomic E-state index is 14.0. The van der Waals surface area contributed by atoms with Crippen LogP contribution in [-0.4, -0.2) is 27.0 Å². The second kappa shape index (κ2) is 10.4. The molecule has 3 unspecified atom stereocenters. The number of aromatic amines is 1. The van der Waals surface area contributed by atoms with Crippen molar-refractivity contribution in [2.24, 2.45) is 5.92 Å². The van der Waals surface area contributed by atoms with E-state index in [0.29, 0.717) is 31.3 Å². The highest BCUT2D eigenvalue weighted by Crippen LogP contribution is 2.54. The molecule has 1 fully saturated rings. The van der Waals surface area contributed by atoms with Crippen LogP contribution in [0.1, 0.15) is 21.9 Å². The van der Waals surface area contributed by atoms with Crippen LogP contribution in [0, 0.1) is 16.0 Å². The number of carbonyl (C=O) groups excluding carboxylic acids is 2. The van der Waals surface area contributed by atoms with Crippen LogP contribution in [0.3, 0.4) is 0 Å². The minimum absolute atomic E-state index is 0.160. The molecule has 0 radical (unpaired) electrons. The van der Waals surface area contributed by atoms with Gasteiger partial charge >= 0.3 is 4.87 Å². The summed E-state index contributed by atoms with van der Waals surface area (Å²) < 4.78 is 6.18. The van der Waals surface area contributed by atoms with Gasteiger partial charge in [-0.1, -0.05) is 58.4 Å². The number of hydrogen-bond donors (Lipinski definition) is 1. The number of aromatic nitrogens is 1. The molecule has 2 amide bonds. The number of non-ortho nitro benzene ring substituents is 1. The maximum Gasteiger partial charge on any atom is 0.305 e. The van der Waals surface area contributed by atoms with Crippen molar-refractivity contribution in [1.82, 2.24) is 4.98 Å². The van der Waals surface area contributed by atoms with E-state index in [9.17, 15) is 24.5 Å². The number of nitrogens with one attached hydrogen (secondary N) is 1. The van der Waals surface area contributed by atoms with E-state index in [1.807, 2.05) is 12.1 Å². The number of anilines is 1. The van der Waals surface area contributed by atoms with Gasteiger partial charge < -0.3 is 9.72 Å². The fraction of sp³-hybridized carbons (Fsp3) is 0.148. The van der Waals surface area contributed by atoms with E-state index >= 15 is 0 Å². The lowest BCUT2D eigenvalue weighted by Gasteiger charge is -2.31. The Morgan fingerprint density at radius 2 is 1.73 bits per heavy atom. The molecule has 2 aliphatic rings. The molecule has 13 heteroatoms. The Bertz CT molecular complexity index is 1740. The number of carbonyl (C=O) groups is 2. The van der Waals surface area contributed by atoms with Gasteiger partial charge in [0.1, 0.15) is 17.6 Å². The number of nitro groups is 1. The third-order valence-electron chi connectivity index (χ3n) is 6.73. The molecular weight excluding hydrogens is 597 g/mol. The number of H-pyrrole nitrogens is 1. The van der Waals surface area contributed by atoms with Crippen molar-refractivity contribution in [1.29, 1.82) is 0 Å². The summed E-state index contributed by atoms with van der Waals surface area (Å²) in [6.07, 6.45) is 0. The fourth-order valence-electron chi connectivity index (χ4n) is 5.01. The molecule has 0 saturated carbocycles. The van der Waals surface area contributed by atoms with Crippen molar-refractivity contribution in [2.75, 3.05) is 4.90 Å². The number of hydrogen-bond acceptors (Lipinski definition) is 8. The first-order valence-corrected chi connectivity index (χ1v) is 14.3. The standard InChI is InChI=1S/C27H17Cl2N3O6S2/c28-14-3-1-2-13(10-14)12-38-19-9-4-15(29)11-18(19)20-21-23(39-24-22(20)40-27(35)30-24)26(34)31(25(21)33)16-5-7-17(8-6-16)32(36)37/h1-11,20-21,23H,12H2,(H,30,35). The summed E-state index contributed by atoms with van der Waals surface area (Å²) in [7, 11) is 0. The van der Waals surface area contributed by atoms with E-state index in [-0.39, 0.29) is 22.9 Å². The van der Waals surface area contributed by atoms with Crippen molar-refractivity contribution in [2.45, 2.75) is 22.8 Å². The number of imide groups is 1. The molecule has 0 aliphatic carbocycles. The zero-order valence-corrected chi connectivity index (χ0v) is 23.4. The van der Waals surface area contributed by atoms with E-state index in [1.165, 1.54) is 24.3 Å². The van der Waals surface area contributed by atoms with Crippen LogP contribution in [-0.2, 0) is 16.2 Å². The second-order valence-corrected chi connectivity index (χ2v) is 12.2. The van der Waals surface area contributed by atoms with Gasteiger partial charge in [0, 0.05) is 38.5 Å². The molecule has 0 bridgehead atoms. The number of fused-ring (bicyclic) bond motifs is 2. The average Bonchev–Trinajstić information content (AvgIpc) is 3.42. The van der Waals surface area contributed by atoms with Crippen LogP contribution in [0.25, 0.3) is 0 Å². The first kappa shape index (κ1) is 26.6. The smallest absolute Gasteiger partial charge is 0.305 e. The summed E-state index contributed by atoms with van der Waals surface area (Å²) >= 11 is 14.6. The van der Waals surface area contributed by atoms with E-state index in [2.05, 4.69) is 4.98 Å². The van der Waals surface area contributed by atoms with Gasteiger partial charge in [0.05, 0.1) is 21.6 Å². The Morgan fingerprint density at radius 3 is 2.45 bits per heavy atom. The van der Waals surface area contributed by atoms with Crippen molar-refractivity contribution in [3.05, 3.63) is 113 Å². The molecule has 3 atom stereocenters. The van der Waals surface area contributed by atoms with Gasteiger partial charge in [-0.25, -0.2) is 4.90 Å². The molecule has 9 nitrogen and oxygen atoms in total. The average molecular weight is 614 g/mol. The molecule has 40 heavy (non-hydrogen) atoms. The number of thioether (sulfide) groups is 1. The molecule has 4 aromatic rings. The monoisotopic (exact) mass is 613 g/mol. The molecule has 3 heterocycles. The molecule has 3 aromatic carbocycles. The number of ether oxygens (including phenoxy) is 1. The first-order chi connectivity index (χ1) is 19.2. The first-order valence-electron chi connectivity index (χ1n) is 11.9. The zero-order chi connectivity index (χ0) is 28.1. The number of nitro benzene ring substituents is 1. The summed E-state index contributed by atoms with van der Waals surface area (Å²) in [5, 5.41) is 11.7. The lowest BCUT2D eigenvalue weighted by atomic mass is 9.82. The minimum atomic E-state index is -0.876. The normalized spacial score (nSPS) is 19.9. The Morgan fingerprint density at radius 1 is 0.975 bits per heavy atom. The SMILES string of the molecule is O=C1C2Sc3[nH]c(=O)sc3C(c3cc(Cl)ccc3OCc3cccc(Cl)c3)C2C(=O)N1c1ccc([N+](=O)[O-])cc1. The molecule has 202 valence electrons. The van der Waals surface area contributed by atoms with Crippen LogP contribution in [0.2, 0.25) is 10.0 Å². The van der Waals surface area contributed by atoms with Gasteiger partial charge in [-0.3, -0.25) is 24.5 Å². The Labute approximate surface area is 244 Å². The van der Waals surface area contributed by atoms with Gasteiger partial charge in [0.2, 0.25) is 11.8 Å². The van der Waals surface area contributed by atoms with Crippen LogP contribution >= 0.6 is 46.3 Å². The highest BCUT2D eigenvalue weighted by molar-refractivity contribution is 8.00. The second-order valence-electron chi connectivity index (χ2n) is 9.14. The highest BCUT2D eigenvalue weighted by atomic mass is 35.5. The zero-order valence-electron chi connectivity index (χ0n) is 20.2. The topological polar surface area (TPSA) is 123 Å². The summed E-state index contributed by atoms with van der Waals surface area (Å²) in [5.41, 5.74) is 1.46. The van der Waals surface area contributed by atoms with E-state index in [4.69, 9.17) is 27.9 Å². The largest absolute Gasteiger partial charge is 0.489 e. The molecule has 2 aliphatic heterocycles. The van der Waals surface area contributed by atoms with E-state index in [1.54, 1.807) is 30.3 Å². The summed E-state index contributed by atoms with van der Waals surface area (Å²) in [5.74, 6) is -2.09. The van der Waals surface area contributed by atoms with Crippen LogP contribution < -0.4 is 14.5 Å². The van der Waals surface area contributed by atoms with Crippen LogP contribution in [0.5, 0.6) is 5.75 Å². The Kier molecular flexibility index (Phi) is 6.91. The molecule has 0 spiro atoms. The number of amides is 2. The number of rotatable bonds is 6. The number of nitrogens with zero attached hydrogens (tertiary/aromatic N) is 2. The molecule has 1 aromatic heterocycles. The van der Waals surface area contributed by atoms with Crippen molar-refractivity contribution >= 4 is 69.5 Å². The lowest BCUT2D eigenvalue weighted by molar-refractivity contribution is -0.384. The number of halogens is 2. The third kappa shape index (κ3) is 4.68. The molecule has 6 rings (SSSR count). The van der Waals surface area contributed by atoms with Crippen molar-refractivity contribution in [3.63, 3.8) is 0 Å². The van der Waals surface area contributed by atoms with Crippen molar-refractivity contribution in [3.8, 4) is 5.75 Å². The number of benzene rings is 3. The summed E-state index contributed by atoms with van der Waals surface area (Å²) in [6, 6.07) is 17.5. The van der Waals surface area contributed by atoms with Crippen molar-refractivity contribution < 1.29 is 19.2 Å². The summed E-state index contributed by atoms with van der Waals surface area (Å²) in [4.78, 5) is 54.8. The van der Waals surface area contributed by atoms with Gasteiger partial charge in [-0.2, -0.15) is 0 Å². The maximum absolute atomic E-state index is 14.0. The molecule has 1 N–H and O–H groups in total. The van der Waals surface area contributed by atoms with Gasteiger partial charge in [0.25, 0.3) is 5.69 Å². The lowest BCUT2D eigenvalue weighted by Crippen LogP contribution is -2.32. The van der Waals surface area contributed by atoms with Crippen LogP contribution in [0.4, 0.5) is 11.4 Å². The fourth-order valence-corrected chi connectivity index (χ4v) is 7.91. The minimum Gasteiger partial charge on any atom is -0.489 e. The van der Waals surface area contributed by atoms with Gasteiger partial charge in [0.15, 0.2) is 0 Å². The Hall–Kier alpha value is -3.64. The quantitative estimate of drug-likeness (QED) is 0.160. The van der Waals surface area contributed by atoms with Crippen LogP contribution in [0.15, 0.2) is 76.6 Å². The Balaban J connectivity index is 1.43. The van der Waals surface area contributed by atoms with E-state index in [0.717, 1.165) is 33.6 Å². The summed E-state index contributed by atoms with van der Waals surface area (Å²) in [6.45, 7) is 0.183. The molecular formula is C27H17Cl2N3O6S2. The molecule has 1 saturated heterocycles. The predicted molar refractivity (Wildman–Crippen MR) is 153 cm³/mol. The number of thiazole rings is 1. The van der Waals surface area contributed by atoms with E-state index < -0.39 is 33.8 Å². The predicted octanol–water partition coefficient (Wildman–Crippen LogP) is 6.03. The highest BCUT2D eigenvalue weighted by Gasteiger charge is 2.56. The van der Waals surface area contributed by atoms with Gasteiger partial charge in [-0.05, 0) is 48.0 Å². The third-order valence-corrected chi connectivity index (χ3v) is 9.60. The van der Waals surface area contributed by atoms with Gasteiger partial charge in [-0.15, -0.1) is 0 Å².